The smallest absolute Gasteiger partial charge is 0.308 e. The second-order valence-electron chi connectivity index (χ2n) is 8.02. The van der Waals surface area contributed by atoms with E-state index in [9.17, 15) is 19.2 Å². The van der Waals surface area contributed by atoms with Gasteiger partial charge in [0.15, 0.2) is 6.61 Å². The van der Waals surface area contributed by atoms with E-state index in [2.05, 4.69) is 37.2 Å². The van der Waals surface area contributed by atoms with E-state index in [1.165, 1.54) is 4.90 Å². The standard InChI is InChI=1S/C21H22Br2N2O6/c1-30-11-4-2-10(3-5-11)24-14(26)9-31-15(27)6-7-25-20(28)16-12-8-13(17(16)21(25)29)19(23)18(12)22/h2-5,12-13,16-19H,6-9H2,1H3,(H,24,26)/t12-,13-,16-,17-,18-,19+/m1/s1. The molecule has 0 spiro atoms. The van der Waals surface area contributed by atoms with Gasteiger partial charge in [-0.25, -0.2) is 0 Å². The Kier molecular flexibility index (Phi) is 6.39. The minimum atomic E-state index is -0.637. The summed E-state index contributed by atoms with van der Waals surface area (Å²) in [6, 6.07) is 6.73. The molecule has 4 rings (SSSR count). The van der Waals surface area contributed by atoms with Crippen LogP contribution in [0.1, 0.15) is 12.8 Å². The number of carbonyl (C=O) groups is 4. The summed E-state index contributed by atoms with van der Waals surface area (Å²) in [7, 11) is 1.55. The molecular formula is C21H22Br2N2O6. The maximum atomic E-state index is 12.8. The highest BCUT2D eigenvalue weighted by Crippen LogP contribution is 2.60. The number of ether oxygens (including phenoxy) is 2. The molecule has 0 radical (unpaired) electrons. The molecule has 1 aromatic carbocycles. The van der Waals surface area contributed by atoms with Crippen LogP contribution in [0.15, 0.2) is 24.3 Å². The summed E-state index contributed by atoms with van der Waals surface area (Å²) < 4.78 is 10.0. The quantitative estimate of drug-likeness (QED) is 0.314. The first kappa shape index (κ1) is 22.3. The van der Waals surface area contributed by atoms with Gasteiger partial charge in [0.2, 0.25) is 11.8 Å². The predicted molar refractivity (Wildman–Crippen MR) is 118 cm³/mol. The number of fused-ring (bicyclic) bond motifs is 5. The number of alkyl halides is 2. The van der Waals surface area contributed by atoms with Crippen LogP contribution in [0.5, 0.6) is 5.75 Å². The van der Waals surface area contributed by atoms with E-state index in [4.69, 9.17) is 9.47 Å². The van der Waals surface area contributed by atoms with Crippen molar-refractivity contribution in [3.8, 4) is 5.75 Å². The summed E-state index contributed by atoms with van der Waals surface area (Å²) in [6.45, 7) is -0.471. The highest BCUT2D eigenvalue weighted by molar-refractivity contribution is 9.12. The van der Waals surface area contributed by atoms with Gasteiger partial charge in [-0.05, 0) is 42.5 Å². The van der Waals surface area contributed by atoms with Crippen LogP contribution in [0.2, 0.25) is 0 Å². The first-order chi connectivity index (χ1) is 14.8. The average molecular weight is 558 g/mol. The Morgan fingerprint density at radius 2 is 1.65 bits per heavy atom. The zero-order valence-corrected chi connectivity index (χ0v) is 19.9. The number of hydrogen-bond donors (Lipinski definition) is 1. The third-order valence-corrected chi connectivity index (χ3v) is 9.56. The lowest BCUT2D eigenvalue weighted by molar-refractivity contribution is -0.149. The van der Waals surface area contributed by atoms with Crippen molar-refractivity contribution in [1.82, 2.24) is 4.90 Å². The zero-order valence-electron chi connectivity index (χ0n) is 16.8. The SMILES string of the molecule is COc1ccc(NC(=O)COC(=O)CCN2C(=O)[C@@H]3[C@H]4C[C@@H]([C@@H](Br)[C@H]4Br)[C@H]3C2=O)cc1. The molecule has 31 heavy (non-hydrogen) atoms. The number of imide groups is 1. The Morgan fingerprint density at radius 1 is 1.06 bits per heavy atom. The van der Waals surface area contributed by atoms with E-state index in [1.807, 2.05) is 0 Å². The Bertz CT molecular complexity index is 876. The van der Waals surface area contributed by atoms with Crippen LogP contribution in [-0.4, -0.2) is 58.5 Å². The van der Waals surface area contributed by atoms with Gasteiger partial charge in [0, 0.05) is 21.9 Å². The van der Waals surface area contributed by atoms with E-state index in [0.29, 0.717) is 11.4 Å². The molecule has 2 aliphatic carbocycles. The van der Waals surface area contributed by atoms with Gasteiger partial charge in [-0.1, -0.05) is 31.9 Å². The van der Waals surface area contributed by atoms with Crippen molar-refractivity contribution in [3.05, 3.63) is 24.3 Å². The van der Waals surface area contributed by atoms with Crippen LogP contribution >= 0.6 is 31.9 Å². The number of methoxy groups -OCH3 is 1. The maximum Gasteiger partial charge on any atom is 0.308 e. The fourth-order valence-electron chi connectivity index (χ4n) is 4.92. The van der Waals surface area contributed by atoms with Gasteiger partial charge in [0.1, 0.15) is 5.75 Å². The maximum absolute atomic E-state index is 12.8. The first-order valence-electron chi connectivity index (χ1n) is 10.0. The van der Waals surface area contributed by atoms with Crippen LogP contribution in [0.4, 0.5) is 5.69 Å². The lowest BCUT2D eigenvalue weighted by Gasteiger charge is -2.28. The molecule has 3 aliphatic rings. The number of esters is 1. The highest BCUT2D eigenvalue weighted by atomic mass is 79.9. The number of amides is 3. The second-order valence-corrected chi connectivity index (χ2v) is 10.1. The minimum Gasteiger partial charge on any atom is -0.497 e. The fourth-order valence-corrected chi connectivity index (χ4v) is 6.80. The lowest BCUT2D eigenvalue weighted by atomic mass is 9.81. The first-order valence-corrected chi connectivity index (χ1v) is 11.9. The Balaban J connectivity index is 1.24. The van der Waals surface area contributed by atoms with Gasteiger partial charge in [0.05, 0.1) is 25.4 Å². The molecule has 1 saturated heterocycles. The summed E-state index contributed by atoms with van der Waals surface area (Å²) in [5, 5.41) is 2.61. The molecule has 1 aliphatic heterocycles. The number of nitrogens with zero attached hydrogens (tertiary/aromatic N) is 1. The molecular weight excluding hydrogens is 536 g/mol. The van der Waals surface area contributed by atoms with Crippen molar-refractivity contribution in [1.29, 1.82) is 0 Å². The third kappa shape index (κ3) is 4.11. The van der Waals surface area contributed by atoms with Gasteiger partial charge in [0.25, 0.3) is 5.91 Å². The second kappa shape index (κ2) is 8.90. The molecule has 3 fully saturated rings. The van der Waals surface area contributed by atoms with E-state index >= 15 is 0 Å². The Labute approximate surface area is 196 Å². The number of carbonyl (C=O) groups excluding carboxylic acids is 4. The number of hydrogen-bond acceptors (Lipinski definition) is 6. The number of halogens is 2. The summed E-state index contributed by atoms with van der Waals surface area (Å²) in [4.78, 5) is 51.2. The molecule has 6 atom stereocenters. The number of rotatable bonds is 7. The lowest BCUT2D eigenvalue weighted by Crippen LogP contribution is -2.37. The summed E-state index contributed by atoms with van der Waals surface area (Å²) in [6.07, 6.45) is 0.718. The van der Waals surface area contributed by atoms with E-state index in [-0.39, 0.29) is 58.1 Å². The van der Waals surface area contributed by atoms with Crippen LogP contribution in [0, 0.1) is 23.7 Å². The molecule has 8 nitrogen and oxygen atoms in total. The normalized spacial score (nSPS) is 31.0. The predicted octanol–water partition coefficient (Wildman–Crippen LogP) is 2.34. The molecule has 1 aromatic rings. The molecule has 10 heteroatoms. The topological polar surface area (TPSA) is 102 Å². The molecule has 3 amide bonds. The third-order valence-electron chi connectivity index (χ3n) is 6.36. The van der Waals surface area contributed by atoms with Crippen LogP contribution in [0.3, 0.4) is 0 Å². The van der Waals surface area contributed by atoms with Gasteiger partial charge in [-0.2, -0.15) is 0 Å². The minimum absolute atomic E-state index is 0.0249. The van der Waals surface area contributed by atoms with Crippen molar-refractivity contribution < 1.29 is 28.7 Å². The van der Waals surface area contributed by atoms with Crippen molar-refractivity contribution in [2.75, 3.05) is 25.6 Å². The largest absolute Gasteiger partial charge is 0.497 e. The van der Waals surface area contributed by atoms with Crippen LogP contribution in [0.25, 0.3) is 0 Å². The van der Waals surface area contributed by atoms with Gasteiger partial charge in [-0.3, -0.25) is 24.1 Å². The summed E-state index contributed by atoms with van der Waals surface area (Å²) in [5.74, 6) is -1.20. The molecule has 1 N–H and O–H groups in total. The molecule has 0 aromatic heterocycles. The van der Waals surface area contributed by atoms with Gasteiger partial charge < -0.3 is 14.8 Å². The van der Waals surface area contributed by atoms with Crippen molar-refractivity contribution in [2.45, 2.75) is 22.5 Å². The number of benzene rings is 1. The van der Waals surface area contributed by atoms with Gasteiger partial charge >= 0.3 is 5.97 Å². The highest BCUT2D eigenvalue weighted by Gasteiger charge is 2.66. The fraction of sp³-hybridized carbons (Fsp3) is 0.524. The molecule has 1 heterocycles. The van der Waals surface area contributed by atoms with E-state index in [1.54, 1.807) is 31.4 Å². The number of nitrogens with one attached hydrogen (secondary N) is 1. The van der Waals surface area contributed by atoms with Crippen LogP contribution < -0.4 is 10.1 Å². The Morgan fingerprint density at radius 3 is 2.19 bits per heavy atom. The number of anilines is 1. The molecule has 2 saturated carbocycles. The monoisotopic (exact) mass is 556 g/mol. The van der Waals surface area contributed by atoms with Crippen molar-refractivity contribution >= 4 is 61.2 Å². The van der Waals surface area contributed by atoms with Crippen molar-refractivity contribution in [2.24, 2.45) is 23.7 Å². The van der Waals surface area contributed by atoms with E-state index < -0.39 is 18.5 Å². The number of likely N-dealkylation sites (tertiary alicyclic amines) is 1. The summed E-state index contributed by atoms with van der Waals surface area (Å²) in [5.41, 5.74) is 0.548. The van der Waals surface area contributed by atoms with E-state index in [0.717, 1.165) is 6.42 Å². The molecule has 2 bridgehead atoms. The van der Waals surface area contributed by atoms with Gasteiger partial charge in [-0.15, -0.1) is 0 Å². The summed E-state index contributed by atoms with van der Waals surface area (Å²) >= 11 is 7.29. The average Bonchev–Trinajstić information content (AvgIpc) is 3.36. The van der Waals surface area contributed by atoms with Crippen LogP contribution in [-0.2, 0) is 23.9 Å². The molecule has 0 unspecified atom stereocenters. The molecule has 166 valence electrons. The zero-order chi connectivity index (χ0) is 22.3. The Hall–Kier alpha value is -1.94. The van der Waals surface area contributed by atoms with Crippen molar-refractivity contribution in [3.63, 3.8) is 0 Å².